The zero-order valence-electron chi connectivity index (χ0n) is 21.2. The van der Waals surface area contributed by atoms with E-state index in [1.807, 2.05) is 0 Å². The van der Waals surface area contributed by atoms with Crippen LogP contribution in [0.2, 0.25) is 0 Å². The molecule has 0 aromatic heterocycles. The number of nitrogens with one attached hydrogen (secondary N) is 2. The minimum atomic E-state index is -1.11. The first-order valence-corrected chi connectivity index (χ1v) is 12.5. The fourth-order valence-corrected chi connectivity index (χ4v) is 5.03. The molecule has 192 valence electrons. The van der Waals surface area contributed by atoms with Gasteiger partial charge in [0.1, 0.15) is 17.1 Å². The van der Waals surface area contributed by atoms with Crippen LogP contribution in [0, 0.1) is 11.3 Å². The molecular weight excluding hydrogens is 488 g/mol. The molecule has 0 atom stereocenters. The first-order valence-electron chi connectivity index (χ1n) is 12.1. The molecule has 8 heteroatoms. The lowest BCUT2D eigenvalue weighted by Gasteiger charge is -2.27. The molecule has 1 aliphatic carbocycles. The number of benzene rings is 3. The van der Waals surface area contributed by atoms with E-state index < -0.39 is 5.97 Å². The quantitative estimate of drug-likeness (QED) is 0.166. The molecule has 0 saturated heterocycles. The molecule has 0 unspecified atom stereocenters. The summed E-state index contributed by atoms with van der Waals surface area (Å²) in [6, 6.07) is 14.0. The number of fused-ring (bicyclic) bond motifs is 2. The van der Waals surface area contributed by atoms with Gasteiger partial charge in [0.2, 0.25) is 0 Å². The Kier molecular flexibility index (Phi) is 7.23. The highest BCUT2D eigenvalue weighted by molar-refractivity contribution is 7.80. The minimum absolute atomic E-state index is 0.00424. The van der Waals surface area contributed by atoms with Crippen molar-refractivity contribution >= 4 is 40.0 Å². The van der Waals surface area contributed by atoms with Crippen molar-refractivity contribution < 1.29 is 19.4 Å². The van der Waals surface area contributed by atoms with Gasteiger partial charge in [0.05, 0.1) is 5.56 Å². The zero-order chi connectivity index (χ0) is 26.9. The van der Waals surface area contributed by atoms with E-state index in [1.54, 1.807) is 24.3 Å². The van der Waals surface area contributed by atoms with Crippen molar-refractivity contribution in [2.45, 2.75) is 34.1 Å². The van der Waals surface area contributed by atoms with Crippen molar-refractivity contribution in [3.63, 3.8) is 0 Å². The van der Waals surface area contributed by atoms with E-state index >= 15 is 0 Å². The highest BCUT2D eigenvalue weighted by Gasteiger charge is 2.23. The second kappa shape index (κ2) is 10.2. The average molecular weight is 519 g/mol. The largest absolute Gasteiger partial charge is 0.508 e. The molecule has 37 heavy (non-hydrogen) atoms. The van der Waals surface area contributed by atoms with Gasteiger partial charge in [0.25, 0.3) is 0 Å². The van der Waals surface area contributed by atoms with Crippen LogP contribution in [0.3, 0.4) is 0 Å². The highest BCUT2D eigenvalue weighted by Crippen LogP contribution is 2.42. The third kappa shape index (κ3) is 5.91. The first-order chi connectivity index (χ1) is 17.4. The molecule has 4 N–H and O–H groups in total. The van der Waals surface area contributed by atoms with Crippen LogP contribution in [0.15, 0.2) is 63.8 Å². The van der Waals surface area contributed by atoms with E-state index in [2.05, 4.69) is 38.3 Å². The molecule has 4 rings (SSSR count). The number of hydrogen-bond acceptors (Lipinski definition) is 5. The molecule has 0 fully saturated rings. The topological polar surface area (TPSA) is 112 Å². The van der Waals surface area contributed by atoms with E-state index in [-0.39, 0.29) is 22.2 Å². The van der Waals surface area contributed by atoms with Crippen LogP contribution in [0.1, 0.15) is 44.5 Å². The number of rotatable bonds is 7. The van der Waals surface area contributed by atoms with Crippen LogP contribution in [-0.4, -0.2) is 27.8 Å². The number of aromatic carboxylic acids is 1. The van der Waals surface area contributed by atoms with Gasteiger partial charge in [-0.2, -0.15) is 0 Å². The number of carbonyl (C=O) groups is 1. The molecule has 1 heterocycles. The number of phenolic OH excluding ortho intramolecular Hbond substituents is 1. The summed E-state index contributed by atoms with van der Waals surface area (Å²) in [5.41, 5.74) is 2.37. The number of hydrogen-bond donors (Lipinski definition) is 4. The molecule has 0 spiro atoms. The van der Waals surface area contributed by atoms with Crippen molar-refractivity contribution in [3.05, 3.63) is 70.4 Å². The standard InChI is InChI=1S/C29H30N2O5S/c1-16(2)14-29(3,4)15-30-28(37)31-17-5-8-20(23(11-17)27(34)35)26-21-9-6-18(32)12-24(21)36-25-13-19(33)7-10-22(25)26/h5-13,16,32H,14-15H2,1-4H3,(H,34,35)(H2,30,31,37). The lowest BCUT2D eigenvalue weighted by molar-refractivity contribution is 0.0697. The Labute approximate surface area is 220 Å². The summed E-state index contributed by atoms with van der Waals surface area (Å²) in [7, 11) is 0. The summed E-state index contributed by atoms with van der Waals surface area (Å²) >= 11 is 5.47. The van der Waals surface area contributed by atoms with Crippen LogP contribution < -0.4 is 16.1 Å². The molecule has 2 aromatic rings. The zero-order valence-corrected chi connectivity index (χ0v) is 22.0. The highest BCUT2D eigenvalue weighted by atomic mass is 32.1. The van der Waals surface area contributed by atoms with E-state index in [0.717, 1.165) is 6.42 Å². The van der Waals surface area contributed by atoms with E-state index in [1.165, 1.54) is 30.3 Å². The molecular formula is C29H30N2O5S. The Morgan fingerprint density at radius 3 is 2.49 bits per heavy atom. The van der Waals surface area contributed by atoms with Crippen LogP contribution in [0.25, 0.3) is 33.4 Å². The van der Waals surface area contributed by atoms with Gasteiger partial charge in [-0.1, -0.05) is 33.8 Å². The van der Waals surface area contributed by atoms with Crippen molar-refractivity contribution in [3.8, 4) is 28.2 Å². The van der Waals surface area contributed by atoms with Crippen LogP contribution in [0.4, 0.5) is 5.69 Å². The van der Waals surface area contributed by atoms with Crippen LogP contribution in [0.5, 0.6) is 5.75 Å². The number of anilines is 1. The predicted octanol–water partition coefficient (Wildman–Crippen LogP) is 6.33. The summed E-state index contributed by atoms with van der Waals surface area (Å²) in [6.07, 6.45) is 1.04. The van der Waals surface area contributed by atoms with Gasteiger partial charge in [-0.15, -0.1) is 0 Å². The fourth-order valence-electron chi connectivity index (χ4n) is 4.84. The second-order valence-electron chi connectivity index (χ2n) is 10.5. The van der Waals surface area contributed by atoms with Gasteiger partial charge in [-0.3, -0.25) is 4.79 Å². The fraction of sp³-hybridized carbons (Fsp3) is 0.276. The molecule has 2 aromatic carbocycles. The van der Waals surface area contributed by atoms with E-state index in [0.29, 0.717) is 56.7 Å². The number of phenols is 1. The lowest BCUT2D eigenvalue weighted by atomic mass is 9.84. The van der Waals surface area contributed by atoms with Gasteiger partial charge in [-0.05, 0) is 71.9 Å². The monoisotopic (exact) mass is 518 g/mol. The minimum Gasteiger partial charge on any atom is -0.508 e. The Balaban J connectivity index is 1.74. The van der Waals surface area contributed by atoms with Gasteiger partial charge >= 0.3 is 5.97 Å². The summed E-state index contributed by atoms with van der Waals surface area (Å²) in [5.74, 6) is -0.257. The van der Waals surface area contributed by atoms with Gasteiger partial charge in [-0.25, -0.2) is 4.79 Å². The Morgan fingerprint density at radius 2 is 1.78 bits per heavy atom. The third-order valence-electron chi connectivity index (χ3n) is 6.14. The van der Waals surface area contributed by atoms with Crippen molar-refractivity contribution in [2.75, 3.05) is 11.9 Å². The molecule has 7 nitrogen and oxygen atoms in total. The SMILES string of the molecule is CC(C)CC(C)(C)CNC(=S)Nc1ccc(-c2c3ccc(=O)cc-3oc3cc(O)ccc23)c(C(=O)O)c1. The normalized spacial score (nSPS) is 11.7. The molecule has 0 bridgehead atoms. The summed E-state index contributed by atoms with van der Waals surface area (Å²) in [6.45, 7) is 9.40. The first kappa shape index (κ1) is 26.2. The Morgan fingerprint density at radius 1 is 1.05 bits per heavy atom. The molecule has 1 aliphatic heterocycles. The van der Waals surface area contributed by atoms with E-state index in [9.17, 15) is 19.8 Å². The van der Waals surface area contributed by atoms with Gasteiger partial charge < -0.3 is 25.3 Å². The second-order valence-corrected chi connectivity index (χ2v) is 10.9. The smallest absolute Gasteiger partial charge is 0.336 e. The number of carboxylic acid groups (broad SMARTS) is 1. The Bertz CT molecular complexity index is 1520. The van der Waals surface area contributed by atoms with Crippen LogP contribution in [-0.2, 0) is 0 Å². The van der Waals surface area contributed by atoms with Crippen molar-refractivity contribution in [1.29, 1.82) is 0 Å². The Hall–Kier alpha value is -3.91. The van der Waals surface area contributed by atoms with Crippen molar-refractivity contribution in [2.24, 2.45) is 11.3 Å². The van der Waals surface area contributed by atoms with Gasteiger partial charge in [0.15, 0.2) is 10.5 Å². The maximum atomic E-state index is 12.4. The maximum Gasteiger partial charge on any atom is 0.336 e. The number of thiocarbonyl (C=S) groups is 1. The lowest BCUT2D eigenvalue weighted by Crippen LogP contribution is -2.37. The summed E-state index contributed by atoms with van der Waals surface area (Å²) in [5, 5.41) is 27.5. The maximum absolute atomic E-state index is 12.4. The summed E-state index contributed by atoms with van der Waals surface area (Å²) in [4.78, 5) is 24.4. The number of carboxylic acids is 1. The van der Waals surface area contributed by atoms with E-state index in [4.69, 9.17) is 16.6 Å². The molecule has 0 amide bonds. The molecule has 2 aliphatic rings. The predicted molar refractivity (Wildman–Crippen MR) is 151 cm³/mol. The number of aromatic hydroxyl groups is 1. The molecule has 0 radical (unpaired) electrons. The van der Waals surface area contributed by atoms with Gasteiger partial charge in [0, 0.05) is 40.9 Å². The molecule has 0 saturated carbocycles. The third-order valence-corrected chi connectivity index (χ3v) is 6.39. The van der Waals surface area contributed by atoms with Crippen molar-refractivity contribution in [1.82, 2.24) is 5.32 Å². The van der Waals surface area contributed by atoms with Crippen LogP contribution >= 0.6 is 12.2 Å². The summed E-state index contributed by atoms with van der Waals surface area (Å²) < 4.78 is 5.88. The average Bonchev–Trinajstić information content (AvgIpc) is 2.80.